The van der Waals surface area contributed by atoms with Gasteiger partial charge >= 0.3 is 12.0 Å². The molecule has 0 spiro atoms. The fourth-order valence-electron chi connectivity index (χ4n) is 1.82. The van der Waals surface area contributed by atoms with Crippen LogP contribution in [0.15, 0.2) is 29.2 Å². The van der Waals surface area contributed by atoms with Crippen LogP contribution >= 0.6 is 0 Å². The van der Waals surface area contributed by atoms with Crippen LogP contribution in [-0.4, -0.2) is 50.6 Å². The fourth-order valence-corrected chi connectivity index (χ4v) is 3.04. The zero-order chi connectivity index (χ0) is 19.0. The number of carbonyl (C=O) groups is 2. The molecule has 1 rings (SSSR count). The van der Waals surface area contributed by atoms with Crippen LogP contribution in [0.3, 0.4) is 0 Å². The van der Waals surface area contributed by atoms with E-state index >= 15 is 0 Å². The number of carbonyl (C=O) groups excluding carboxylic acids is 1. The van der Waals surface area contributed by atoms with Crippen molar-refractivity contribution in [3.8, 4) is 0 Å². The van der Waals surface area contributed by atoms with E-state index in [9.17, 15) is 18.0 Å². The molecule has 0 aliphatic rings. The SMILES string of the molecule is CC(C)CNS(=O)(=O)c1ccc(CNC(=O)N(C)CCC(=O)O)cc1. The maximum absolute atomic E-state index is 12.1. The van der Waals surface area contributed by atoms with E-state index in [1.807, 2.05) is 13.8 Å². The third-order valence-electron chi connectivity index (χ3n) is 3.37. The first kappa shape index (κ1) is 20.9. The van der Waals surface area contributed by atoms with Gasteiger partial charge in [-0.2, -0.15) is 0 Å². The van der Waals surface area contributed by atoms with E-state index < -0.39 is 22.0 Å². The van der Waals surface area contributed by atoms with Gasteiger partial charge in [0.2, 0.25) is 10.0 Å². The van der Waals surface area contributed by atoms with Crippen molar-refractivity contribution in [1.82, 2.24) is 14.9 Å². The van der Waals surface area contributed by atoms with E-state index in [4.69, 9.17) is 5.11 Å². The first-order chi connectivity index (χ1) is 11.6. The number of hydrogen-bond donors (Lipinski definition) is 3. The molecule has 2 amide bonds. The smallest absolute Gasteiger partial charge is 0.317 e. The zero-order valence-corrected chi connectivity index (χ0v) is 15.5. The van der Waals surface area contributed by atoms with Crippen LogP contribution in [0.5, 0.6) is 0 Å². The average Bonchev–Trinajstić information content (AvgIpc) is 2.56. The Labute approximate surface area is 148 Å². The molecule has 0 saturated carbocycles. The number of aliphatic carboxylic acids is 1. The lowest BCUT2D eigenvalue weighted by Crippen LogP contribution is -2.38. The Morgan fingerprint density at radius 3 is 2.32 bits per heavy atom. The van der Waals surface area contributed by atoms with Gasteiger partial charge in [-0.3, -0.25) is 4.79 Å². The Kier molecular flexibility index (Phi) is 7.85. The number of nitrogens with zero attached hydrogens (tertiary/aromatic N) is 1. The molecule has 9 heteroatoms. The van der Waals surface area contributed by atoms with Crippen molar-refractivity contribution in [2.24, 2.45) is 5.92 Å². The largest absolute Gasteiger partial charge is 0.481 e. The molecule has 0 aliphatic heterocycles. The van der Waals surface area contributed by atoms with Crippen LogP contribution < -0.4 is 10.0 Å². The molecule has 0 saturated heterocycles. The molecule has 0 bridgehead atoms. The van der Waals surface area contributed by atoms with Gasteiger partial charge in [-0.15, -0.1) is 0 Å². The Hall–Kier alpha value is -2.13. The summed E-state index contributed by atoms with van der Waals surface area (Å²) >= 11 is 0. The number of rotatable bonds is 9. The summed E-state index contributed by atoms with van der Waals surface area (Å²) < 4.78 is 26.7. The number of carboxylic acids is 1. The van der Waals surface area contributed by atoms with Crippen molar-refractivity contribution in [2.75, 3.05) is 20.1 Å². The quantitative estimate of drug-likeness (QED) is 0.604. The summed E-state index contributed by atoms with van der Waals surface area (Å²) in [7, 11) is -2.03. The highest BCUT2D eigenvalue weighted by Gasteiger charge is 2.14. The molecular formula is C16H25N3O5S. The first-order valence-electron chi connectivity index (χ1n) is 7.91. The molecule has 1 aromatic rings. The van der Waals surface area contributed by atoms with E-state index in [0.29, 0.717) is 6.54 Å². The molecule has 0 radical (unpaired) electrons. The van der Waals surface area contributed by atoms with E-state index in [0.717, 1.165) is 5.56 Å². The Bertz CT molecular complexity index is 686. The van der Waals surface area contributed by atoms with Gasteiger partial charge in [0.1, 0.15) is 0 Å². The van der Waals surface area contributed by atoms with Crippen LogP contribution in [0, 0.1) is 5.92 Å². The first-order valence-corrected chi connectivity index (χ1v) is 9.39. The van der Waals surface area contributed by atoms with Crippen LogP contribution in [0.2, 0.25) is 0 Å². The van der Waals surface area contributed by atoms with Gasteiger partial charge in [0, 0.05) is 26.7 Å². The van der Waals surface area contributed by atoms with Crippen molar-refractivity contribution in [1.29, 1.82) is 0 Å². The van der Waals surface area contributed by atoms with Crippen LogP contribution in [0.4, 0.5) is 4.79 Å². The minimum atomic E-state index is -3.53. The standard InChI is InChI=1S/C16H25N3O5S/c1-12(2)10-18-25(23,24)14-6-4-13(5-7-14)11-17-16(22)19(3)9-8-15(20)21/h4-7,12,18H,8-11H2,1-3H3,(H,17,22)(H,20,21). The lowest BCUT2D eigenvalue weighted by Gasteiger charge is -2.17. The molecule has 0 atom stereocenters. The van der Waals surface area contributed by atoms with E-state index in [1.165, 1.54) is 24.1 Å². The Balaban J connectivity index is 2.57. The van der Waals surface area contributed by atoms with Crippen LogP contribution in [-0.2, 0) is 21.4 Å². The maximum atomic E-state index is 12.1. The summed E-state index contributed by atoms with van der Waals surface area (Å²) in [5.74, 6) is -0.759. The summed E-state index contributed by atoms with van der Waals surface area (Å²) in [6.45, 7) is 4.53. The number of carboxylic acid groups (broad SMARTS) is 1. The summed E-state index contributed by atoms with van der Waals surface area (Å²) in [4.78, 5) is 23.8. The fraction of sp³-hybridized carbons (Fsp3) is 0.500. The highest BCUT2D eigenvalue weighted by Crippen LogP contribution is 2.11. The molecule has 25 heavy (non-hydrogen) atoms. The highest BCUT2D eigenvalue weighted by atomic mass is 32.2. The Morgan fingerprint density at radius 2 is 1.80 bits per heavy atom. The van der Waals surface area contributed by atoms with Crippen molar-refractivity contribution in [2.45, 2.75) is 31.7 Å². The molecule has 8 nitrogen and oxygen atoms in total. The number of sulfonamides is 1. The third kappa shape index (κ3) is 7.53. The topological polar surface area (TPSA) is 116 Å². The predicted molar refractivity (Wildman–Crippen MR) is 93.6 cm³/mol. The van der Waals surface area contributed by atoms with Crippen molar-refractivity contribution in [3.63, 3.8) is 0 Å². The summed E-state index contributed by atoms with van der Waals surface area (Å²) in [5.41, 5.74) is 0.739. The molecule has 1 aromatic carbocycles. The predicted octanol–water partition coefficient (Wildman–Crippen LogP) is 1.24. The van der Waals surface area contributed by atoms with E-state index in [1.54, 1.807) is 12.1 Å². The number of amides is 2. The van der Waals surface area contributed by atoms with Gasteiger partial charge in [0.15, 0.2) is 0 Å². The lowest BCUT2D eigenvalue weighted by atomic mass is 10.2. The molecule has 0 unspecified atom stereocenters. The molecule has 0 heterocycles. The van der Waals surface area contributed by atoms with Crippen molar-refractivity contribution < 1.29 is 23.1 Å². The molecule has 0 aromatic heterocycles. The van der Waals surface area contributed by atoms with Gasteiger partial charge in [0.05, 0.1) is 11.3 Å². The van der Waals surface area contributed by atoms with Gasteiger partial charge in [0.25, 0.3) is 0 Å². The third-order valence-corrected chi connectivity index (χ3v) is 4.81. The monoisotopic (exact) mass is 371 g/mol. The lowest BCUT2D eigenvalue weighted by molar-refractivity contribution is -0.137. The van der Waals surface area contributed by atoms with E-state index in [-0.39, 0.29) is 30.3 Å². The number of hydrogen-bond acceptors (Lipinski definition) is 4. The van der Waals surface area contributed by atoms with Gasteiger partial charge in [-0.25, -0.2) is 17.9 Å². The minimum Gasteiger partial charge on any atom is -0.481 e. The molecule has 3 N–H and O–H groups in total. The normalized spacial score (nSPS) is 11.4. The minimum absolute atomic E-state index is 0.111. The van der Waals surface area contributed by atoms with Gasteiger partial charge < -0.3 is 15.3 Å². The van der Waals surface area contributed by atoms with Crippen molar-refractivity contribution in [3.05, 3.63) is 29.8 Å². The zero-order valence-electron chi connectivity index (χ0n) is 14.7. The Morgan fingerprint density at radius 1 is 1.20 bits per heavy atom. The molecular weight excluding hydrogens is 346 g/mol. The highest BCUT2D eigenvalue weighted by molar-refractivity contribution is 7.89. The molecule has 0 aliphatic carbocycles. The average molecular weight is 371 g/mol. The molecule has 140 valence electrons. The van der Waals surface area contributed by atoms with Crippen LogP contribution in [0.1, 0.15) is 25.8 Å². The number of urea groups is 1. The molecule has 0 fully saturated rings. The number of nitrogens with one attached hydrogen (secondary N) is 2. The van der Waals surface area contributed by atoms with Crippen molar-refractivity contribution >= 4 is 22.0 Å². The second-order valence-corrected chi connectivity index (χ2v) is 7.88. The summed E-state index contributed by atoms with van der Waals surface area (Å²) in [6.07, 6.45) is -0.125. The van der Waals surface area contributed by atoms with Gasteiger partial charge in [-0.1, -0.05) is 26.0 Å². The summed E-state index contributed by atoms with van der Waals surface area (Å²) in [6, 6.07) is 5.83. The van der Waals surface area contributed by atoms with Crippen LogP contribution in [0.25, 0.3) is 0 Å². The number of benzene rings is 1. The summed E-state index contributed by atoms with van der Waals surface area (Å²) in [5, 5.41) is 11.2. The van der Waals surface area contributed by atoms with Gasteiger partial charge in [-0.05, 0) is 23.6 Å². The second kappa shape index (κ2) is 9.38. The van der Waals surface area contributed by atoms with E-state index in [2.05, 4.69) is 10.0 Å². The maximum Gasteiger partial charge on any atom is 0.317 e. The second-order valence-electron chi connectivity index (χ2n) is 6.11.